The third kappa shape index (κ3) is 137. The Bertz CT molecular complexity index is 27.2. The van der Waals surface area contributed by atoms with Crippen molar-refractivity contribution in [3.8, 4) is 0 Å². The maximum absolute atomic E-state index is 8.58. The molecule has 0 spiro atoms. The van der Waals surface area contributed by atoms with Gasteiger partial charge < -0.3 is 28.2 Å². The normalized spacial score (nSPS) is 8.57. The molecular formula is AlLiO4Si. The predicted octanol–water partition coefficient (Wildman–Crippen LogP) is -8.51. The summed E-state index contributed by atoms with van der Waals surface area (Å²) in [6, 6.07) is 0. The van der Waals surface area contributed by atoms with Crippen molar-refractivity contribution in [2.75, 3.05) is 0 Å². The smallest absolute Gasteiger partial charge is 0.894 e. The van der Waals surface area contributed by atoms with Crippen LogP contribution >= 0.6 is 0 Å². The standard InChI is InChI=1S/Al.Li.O4Si/c;;1-5(2,3)4/q+3;+1;-4. The average Bonchev–Trinajstić information content (AvgIpc) is 0.722. The summed E-state index contributed by atoms with van der Waals surface area (Å²) in [5, 5.41) is 0. The molecule has 0 aliphatic rings. The van der Waals surface area contributed by atoms with Crippen molar-refractivity contribution in [1.82, 2.24) is 0 Å². The van der Waals surface area contributed by atoms with Crippen LogP contribution in [-0.2, 0) is 0 Å². The first-order valence-electron chi connectivity index (χ1n) is 0.816. The van der Waals surface area contributed by atoms with E-state index in [0.29, 0.717) is 0 Å². The Morgan fingerprint density at radius 2 is 0.857 bits per heavy atom. The minimum absolute atomic E-state index is 0. The van der Waals surface area contributed by atoms with Crippen LogP contribution in [0.2, 0.25) is 0 Å². The van der Waals surface area contributed by atoms with Crippen LogP contribution in [0.15, 0.2) is 0 Å². The summed E-state index contributed by atoms with van der Waals surface area (Å²) in [5.41, 5.74) is 0. The Labute approximate surface area is 64.6 Å². The van der Waals surface area contributed by atoms with Crippen molar-refractivity contribution in [3.05, 3.63) is 0 Å². The minimum atomic E-state index is -5.61. The van der Waals surface area contributed by atoms with E-state index in [1.54, 1.807) is 0 Å². The van der Waals surface area contributed by atoms with E-state index in [0.717, 1.165) is 0 Å². The van der Waals surface area contributed by atoms with Crippen LogP contribution < -0.4 is 38.0 Å². The molecule has 0 amide bonds. The van der Waals surface area contributed by atoms with Gasteiger partial charge in [0, 0.05) is 0 Å². The van der Waals surface area contributed by atoms with Crippen molar-refractivity contribution >= 4 is 26.4 Å². The summed E-state index contributed by atoms with van der Waals surface area (Å²) in [4.78, 5) is 34.3. The average molecular weight is 126 g/mol. The van der Waals surface area contributed by atoms with Gasteiger partial charge in [-0.2, -0.15) is 0 Å². The molecule has 7 heavy (non-hydrogen) atoms. The predicted molar refractivity (Wildman–Crippen MR) is 11.5 cm³/mol. The molecule has 0 aliphatic heterocycles. The van der Waals surface area contributed by atoms with E-state index in [4.69, 9.17) is 19.2 Å². The monoisotopic (exact) mass is 126 g/mol. The van der Waals surface area contributed by atoms with Gasteiger partial charge in [-0.15, -0.1) is 0 Å². The van der Waals surface area contributed by atoms with Gasteiger partial charge in [0.15, 0.2) is 0 Å². The van der Waals surface area contributed by atoms with E-state index < -0.39 is 9.05 Å². The van der Waals surface area contributed by atoms with E-state index in [-0.39, 0.29) is 36.2 Å². The van der Waals surface area contributed by atoms with Gasteiger partial charge in [0.05, 0.1) is 0 Å². The third-order valence-corrected chi connectivity index (χ3v) is 0. The molecule has 0 N–H and O–H groups in total. The van der Waals surface area contributed by atoms with Crippen LogP contribution in [0.3, 0.4) is 0 Å². The molecule has 4 nitrogen and oxygen atoms in total. The van der Waals surface area contributed by atoms with Gasteiger partial charge in [0.25, 0.3) is 0 Å². The van der Waals surface area contributed by atoms with Crippen molar-refractivity contribution in [2.24, 2.45) is 0 Å². The molecule has 32 valence electrons. The van der Waals surface area contributed by atoms with Crippen LogP contribution in [0.25, 0.3) is 0 Å². The molecule has 7 heteroatoms. The van der Waals surface area contributed by atoms with Crippen LogP contribution in [0, 0.1) is 0 Å². The second-order valence-electron chi connectivity index (χ2n) is 0.500. The Balaban J connectivity index is -0.0000000800. The maximum atomic E-state index is 8.58. The fourth-order valence-electron chi connectivity index (χ4n) is 0. The van der Waals surface area contributed by atoms with Gasteiger partial charge in [0.1, 0.15) is 0 Å². The summed E-state index contributed by atoms with van der Waals surface area (Å²) in [5.74, 6) is 0. The quantitative estimate of drug-likeness (QED) is 0.301. The first-order chi connectivity index (χ1) is 2.00. The molecule has 0 atom stereocenters. The summed E-state index contributed by atoms with van der Waals surface area (Å²) in [7, 11) is -5.61. The molecule has 0 rings (SSSR count). The first-order valence-corrected chi connectivity index (χ1v) is 2.45. The second-order valence-corrected chi connectivity index (χ2v) is 1.50. The third-order valence-electron chi connectivity index (χ3n) is 0. The van der Waals surface area contributed by atoms with Crippen LogP contribution in [0.1, 0.15) is 0 Å². The van der Waals surface area contributed by atoms with Gasteiger partial charge in [0.2, 0.25) is 0 Å². The summed E-state index contributed by atoms with van der Waals surface area (Å²) in [6.07, 6.45) is 0. The molecule has 0 unspecified atom stereocenters. The summed E-state index contributed by atoms with van der Waals surface area (Å²) in [6.45, 7) is 0. The summed E-state index contributed by atoms with van der Waals surface area (Å²) < 4.78 is 0. The Morgan fingerprint density at radius 1 is 0.857 bits per heavy atom. The van der Waals surface area contributed by atoms with E-state index in [9.17, 15) is 0 Å². The molecule has 0 saturated carbocycles. The van der Waals surface area contributed by atoms with Gasteiger partial charge in [-0.05, 0) is 0 Å². The molecule has 0 aromatic carbocycles. The Hall–Kier alpha value is 1.19. The maximum Gasteiger partial charge on any atom is 3.00 e. The molecule has 0 fully saturated rings. The fraction of sp³-hybridized carbons (Fsp3) is 0. The van der Waals surface area contributed by atoms with E-state index >= 15 is 0 Å². The van der Waals surface area contributed by atoms with Gasteiger partial charge >= 0.3 is 36.2 Å². The second kappa shape index (κ2) is 5.33. The molecule has 0 radical (unpaired) electrons. The zero-order chi connectivity index (χ0) is 4.50. The van der Waals surface area contributed by atoms with Crippen LogP contribution in [-0.4, -0.2) is 26.4 Å². The minimum Gasteiger partial charge on any atom is -0.894 e. The molecule has 0 aliphatic carbocycles. The number of hydrogen-bond acceptors (Lipinski definition) is 4. The van der Waals surface area contributed by atoms with E-state index in [1.165, 1.54) is 0 Å². The van der Waals surface area contributed by atoms with Crippen LogP contribution in [0.4, 0.5) is 0 Å². The fourth-order valence-corrected chi connectivity index (χ4v) is 0. The van der Waals surface area contributed by atoms with Crippen molar-refractivity contribution in [1.29, 1.82) is 0 Å². The van der Waals surface area contributed by atoms with Gasteiger partial charge in [-0.3, -0.25) is 0 Å². The Morgan fingerprint density at radius 3 is 0.857 bits per heavy atom. The van der Waals surface area contributed by atoms with Crippen molar-refractivity contribution in [3.63, 3.8) is 0 Å². The van der Waals surface area contributed by atoms with Crippen LogP contribution in [0.5, 0.6) is 0 Å². The molecule has 0 saturated heterocycles. The first kappa shape index (κ1) is 15.7. The van der Waals surface area contributed by atoms with E-state index in [2.05, 4.69) is 0 Å². The molecule has 0 bridgehead atoms. The molecule has 0 aromatic heterocycles. The van der Waals surface area contributed by atoms with Gasteiger partial charge in [-0.1, -0.05) is 0 Å². The SMILES string of the molecule is [Al+3].[Li+].[O-][Si]([O-])([O-])[O-]. The number of hydrogen-bond donors (Lipinski definition) is 0. The molecule has 0 heterocycles. The molecule has 0 aromatic rings. The Kier molecular flexibility index (Phi) is 12.0. The largest absolute Gasteiger partial charge is 3.00 e. The zero-order valence-electron chi connectivity index (χ0n) is 3.71. The summed E-state index contributed by atoms with van der Waals surface area (Å²) >= 11 is 0. The van der Waals surface area contributed by atoms with Gasteiger partial charge in [-0.25, -0.2) is 0 Å². The topological polar surface area (TPSA) is 92.2 Å². The van der Waals surface area contributed by atoms with Crippen molar-refractivity contribution < 1.29 is 38.0 Å². The molecular weight excluding hydrogens is 126 g/mol. The number of rotatable bonds is 0. The van der Waals surface area contributed by atoms with Crippen molar-refractivity contribution in [2.45, 2.75) is 0 Å². The van der Waals surface area contributed by atoms with E-state index in [1.807, 2.05) is 0 Å². The zero-order valence-corrected chi connectivity index (χ0v) is 5.87.